The number of amides is 3. The fourth-order valence-corrected chi connectivity index (χ4v) is 1.71. The lowest BCUT2D eigenvalue weighted by molar-refractivity contribution is 0.0995. The molecule has 1 N–H and O–H groups in total. The normalized spacial score (nSPS) is 16.0. The number of piperazine rings is 1. The highest BCUT2D eigenvalue weighted by Gasteiger charge is 2.26. The number of nitrogens with zero attached hydrogens (tertiary/aromatic N) is 2. The molecule has 6 heteroatoms. The maximum absolute atomic E-state index is 11.9. The van der Waals surface area contributed by atoms with E-state index < -0.39 is 6.09 Å². The predicted octanol–water partition coefficient (Wildman–Crippen LogP) is 1.78. The first-order valence-electron chi connectivity index (χ1n) is 6.38. The minimum atomic E-state index is -0.400. The first-order valence-corrected chi connectivity index (χ1v) is 6.38. The molecule has 0 aliphatic carbocycles. The lowest BCUT2D eigenvalue weighted by atomic mass is 10.1. The van der Waals surface area contributed by atoms with E-state index in [0.717, 1.165) is 0 Å². The Balaban J connectivity index is 2.42. The number of rotatable bonds is 1. The monoisotopic (exact) mass is 269 g/mol. The second-order valence-electron chi connectivity index (χ2n) is 5.72. The molecule has 0 spiro atoms. The molecule has 0 aromatic heterocycles. The van der Waals surface area contributed by atoms with Crippen molar-refractivity contribution in [2.45, 2.75) is 33.2 Å². The first-order chi connectivity index (χ1) is 8.69. The molecule has 0 saturated carbocycles. The van der Waals surface area contributed by atoms with Gasteiger partial charge in [-0.05, 0) is 27.7 Å². The van der Waals surface area contributed by atoms with E-state index in [2.05, 4.69) is 11.9 Å². The number of allylic oxidation sites excluding steroid dienone is 1. The van der Waals surface area contributed by atoms with Crippen LogP contribution >= 0.6 is 0 Å². The third-order valence-electron chi connectivity index (χ3n) is 2.57. The molecule has 0 aromatic rings. The maximum Gasteiger partial charge on any atom is 0.414 e. The van der Waals surface area contributed by atoms with Gasteiger partial charge in [0.1, 0.15) is 0 Å². The lowest BCUT2D eigenvalue weighted by Crippen LogP contribution is -2.56. The topological polar surface area (TPSA) is 61.9 Å². The Morgan fingerprint density at radius 3 is 2.00 bits per heavy atom. The van der Waals surface area contributed by atoms with Crippen molar-refractivity contribution in [1.82, 2.24) is 15.1 Å². The molecular formula is C13H23N3O3. The van der Waals surface area contributed by atoms with Gasteiger partial charge in [-0.2, -0.15) is 0 Å². The molecule has 6 nitrogen and oxygen atoms in total. The maximum atomic E-state index is 11.9. The fourth-order valence-electron chi connectivity index (χ4n) is 1.71. The fraction of sp³-hybridized carbons (Fsp3) is 0.692. The van der Waals surface area contributed by atoms with E-state index in [4.69, 9.17) is 4.74 Å². The summed E-state index contributed by atoms with van der Waals surface area (Å²) in [5.41, 5.74) is -0.257. The Bertz CT molecular complexity index is 366. The number of urea groups is 1. The van der Waals surface area contributed by atoms with E-state index in [-0.39, 0.29) is 11.6 Å². The molecule has 3 amide bonds. The summed E-state index contributed by atoms with van der Waals surface area (Å²) in [5, 5.41) is 2.90. The van der Waals surface area contributed by atoms with E-state index in [1.807, 2.05) is 20.8 Å². The summed E-state index contributed by atoms with van der Waals surface area (Å²) in [5.74, 6) is 0.373. The quantitative estimate of drug-likeness (QED) is 0.738. The van der Waals surface area contributed by atoms with Crippen molar-refractivity contribution in [2.75, 3.05) is 26.2 Å². The van der Waals surface area contributed by atoms with Crippen LogP contribution in [0.25, 0.3) is 0 Å². The molecule has 1 fully saturated rings. The zero-order valence-corrected chi connectivity index (χ0v) is 12.2. The number of hydrogen-bond donors (Lipinski definition) is 1. The second kappa shape index (κ2) is 5.95. The summed E-state index contributed by atoms with van der Waals surface area (Å²) in [6, 6.07) is -0.0968. The van der Waals surface area contributed by atoms with Crippen molar-refractivity contribution in [3.63, 3.8) is 0 Å². The summed E-state index contributed by atoms with van der Waals surface area (Å²) in [7, 11) is 0. The van der Waals surface area contributed by atoms with Gasteiger partial charge in [-0.3, -0.25) is 0 Å². The Morgan fingerprint density at radius 2 is 1.58 bits per heavy atom. The van der Waals surface area contributed by atoms with Gasteiger partial charge in [0.05, 0.1) is 5.76 Å². The average Bonchev–Trinajstić information content (AvgIpc) is 2.26. The Hall–Kier alpha value is -1.72. The van der Waals surface area contributed by atoms with Crippen LogP contribution in [0, 0.1) is 0 Å². The first kappa shape index (κ1) is 15.3. The Morgan fingerprint density at radius 1 is 1.11 bits per heavy atom. The van der Waals surface area contributed by atoms with Gasteiger partial charge in [-0.15, -0.1) is 0 Å². The van der Waals surface area contributed by atoms with Crippen molar-refractivity contribution in [1.29, 1.82) is 0 Å². The number of carbonyl (C=O) groups is 2. The van der Waals surface area contributed by atoms with E-state index in [0.29, 0.717) is 31.9 Å². The minimum Gasteiger partial charge on any atom is -0.416 e. The summed E-state index contributed by atoms with van der Waals surface area (Å²) < 4.78 is 4.94. The van der Waals surface area contributed by atoms with E-state index in [1.54, 1.807) is 16.7 Å². The molecule has 1 rings (SSSR count). The molecule has 108 valence electrons. The van der Waals surface area contributed by atoms with E-state index >= 15 is 0 Å². The molecule has 0 radical (unpaired) electrons. The number of hydrogen-bond acceptors (Lipinski definition) is 3. The van der Waals surface area contributed by atoms with Crippen molar-refractivity contribution >= 4 is 12.1 Å². The summed E-state index contributed by atoms with van der Waals surface area (Å²) in [6.45, 7) is 12.9. The molecule has 0 unspecified atom stereocenters. The SMILES string of the molecule is C=C(C)OC(=O)N1CCN(C(=O)NC(C)(C)C)CC1. The Kier molecular flexibility index (Phi) is 4.80. The predicted molar refractivity (Wildman–Crippen MR) is 72.7 cm³/mol. The van der Waals surface area contributed by atoms with Gasteiger partial charge in [0.2, 0.25) is 0 Å². The number of nitrogens with one attached hydrogen (secondary N) is 1. The van der Waals surface area contributed by atoms with Crippen LogP contribution < -0.4 is 5.32 Å². The summed E-state index contributed by atoms with van der Waals surface area (Å²) >= 11 is 0. The molecule has 1 aliphatic heterocycles. The highest BCUT2D eigenvalue weighted by Crippen LogP contribution is 2.08. The third-order valence-corrected chi connectivity index (χ3v) is 2.57. The van der Waals surface area contributed by atoms with Crippen LogP contribution in [0.1, 0.15) is 27.7 Å². The molecule has 0 bridgehead atoms. The smallest absolute Gasteiger partial charge is 0.414 e. The van der Waals surface area contributed by atoms with E-state index in [9.17, 15) is 9.59 Å². The minimum absolute atomic E-state index is 0.0968. The van der Waals surface area contributed by atoms with Crippen molar-refractivity contribution in [3.8, 4) is 0 Å². The van der Waals surface area contributed by atoms with Crippen molar-refractivity contribution in [3.05, 3.63) is 12.3 Å². The largest absolute Gasteiger partial charge is 0.416 e. The zero-order chi connectivity index (χ0) is 14.6. The molecular weight excluding hydrogens is 246 g/mol. The standard InChI is InChI=1S/C13H23N3O3/c1-10(2)19-12(18)16-8-6-15(7-9-16)11(17)14-13(3,4)5/h1,6-9H2,2-5H3,(H,14,17). The molecule has 0 atom stereocenters. The molecule has 1 aliphatic rings. The number of carbonyl (C=O) groups excluding carboxylic acids is 2. The van der Waals surface area contributed by atoms with Crippen LogP contribution in [0.5, 0.6) is 0 Å². The highest BCUT2D eigenvalue weighted by molar-refractivity contribution is 5.75. The average molecular weight is 269 g/mol. The molecule has 1 heterocycles. The highest BCUT2D eigenvalue weighted by atomic mass is 16.6. The van der Waals surface area contributed by atoms with Gasteiger partial charge < -0.3 is 19.9 Å². The molecule has 0 aromatic carbocycles. The summed E-state index contributed by atoms with van der Waals surface area (Å²) in [6.07, 6.45) is -0.400. The van der Waals surface area contributed by atoms with Gasteiger partial charge in [0.25, 0.3) is 0 Å². The Labute approximate surface area is 114 Å². The van der Waals surface area contributed by atoms with Crippen LogP contribution in [0.15, 0.2) is 12.3 Å². The lowest BCUT2D eigenvalue weighted by Gasteiger charge is -2.35. The second-order valence-corrected chi connectivity index (χ2v) is 5.72. The van der Waals surface area contributed by atoms with E-state index in [1.165, 1.54) is 0 Å². The van der Waals surface area contributed by atoms with Crippen LogP contribution in [0.4, 0.5) is 9.59 Å². The van der Waals surface area contributed by atoms with Crippen molar-refractivity contribution in [2.24, 2.45) is 0 Å². The van der Waals surface area contributed by atoms with Gasteiger partial charge in [0.15, 0.2) is 0 Å². The molecule has 1 saturated heterocycles. The summed E-state index contributed by atoms with van der Waals surface area (Å²) in [4.78, 5) is 26.9. The van der Waals surface area contributed by atoms with Gasteiger partial charge in [0, 0.05) is 31.7 Å². The molecule has 19 heavy (non-hydrogen) atoms. The third kappa shape index (κ3) is 5.19. The van der Waals surface area contributed by atoms with Crippen LogP contribution in [0.3, 0.4) is 0 Å². The van der Waals surface area contributed by atoms with Gasteiger partial charge in [-0.25, -0.2) is 9.59 Å². The van der Waals surface area contributed by atoms with Crippen LogP contribution in [0.2, 0.25) is 0 Å². The van der Waals surface area contributed by atoms with Gasteiger partial charge in [-0.1, -0.05) is 6.58 Å². The van der Waals surface area contributed by atoms with Crippen LogP contribution in [-0.4, -0.2) is 53.6 Å². The number of ether oxygens (including phenoxy) is 1. The van der Waals surface area contributed by atoms with Gasteiger partial charge >= 0.3 is 12.1 Å². The van der Waals surface area contributed by atoms with Crippen molar-refractivity contribution < 1.29 is 14.3 Å². The zero-order valence-electron chi connectivity index (χ0n) is 12.2. The van der Waals surface area contributed by atoms with Crippen LogP contribution in [-0.2, 0) is 4.74 Å².